The van der Waals surface area contributed by atoms with E-state index in [2.05, 4.69) is 10.4 Å². The van der Waals surface area contributed by atoms with Gasteiger partial charge >= 0.3 is 18.2 Å². The molecule has 14 nitrogen and oxygen atoms in total. The number of aromatic nitrogens is 2. The van der Waals surface area contributed by atoms with Crippen LogP contribution in [0.3, 0.4) is 0 Å². The van der Waals surface area contributed by atoms with Crippen molar-refractivity contribution >= 4 is 22.1 Å². The number of hydrogen-bond acceptors (Lipinski definition) is 10. The molecule has 18 heteroatoms. The van der Waals surface area contributed by atoms with Crippen LogP contribution in [0.4, 0.5) is 18.0 Å². The minimum Gasteiger partial charge on any atom is -0.569 e. The van der Waals surface area contributed by atoms with E-state index in [-0.39, 0.29) is 34.2 Å². The molecule has 0 aliphatic carbocycles. The summed E-state index contributed by atoms with van der Waals surface area (Å²) in [6.07, 6.45) is -7.09. The Morgan fingerprint density at radius 1 is 1.16 bits per heavy atom. The van der Waals surface area contributed by atoms with Crippen LogP contribution < -0.4 is 4.72 Å². The minimum atomic E-state index is -4.72. The summed E-state index contributed by atoms with van der Waals surface area (Å²) < 4.78 is 78.0. The molecule has 238 valence electrons. The van der Waals surface area contributed by atoms with E-state index in [4.69, 9.17) is 14.3 Å². The van der Waals surface area contributed by atoms with E-state index in [9.17, 15) is 36.4 Å². The quantitative estimate of drug-likeness (QED) is 0.0988. The van der Waals surface area contributed by atoms with Crippen LogP contribution in [0.15, 0.2) is 64.8 Å². The van der Waals surface area contributed by atoms with Gasteiger partial charge in [-0.15, -0.1) is 5.01 Å². The molecule has 2 aromatic carbocycles. The molecule has 1 aromatic heterocycles. The molecule has 44 heavy (non-hydrogen) atoms. The highest BCUT2D eigenvalue weighted by Gasteiger charge is 2.35. The second-order valence-electron chi connectivity index (χ2n) is 9.16. The number of carbonyl (C=O) groups is 2. The van der Waals surface area contributed by atoms with Crippen molar-refractivity contribution in [1.29, 1.82) is 0 Å². The number of likely N-dealkylation sites (N-methyl/N-ethyl adjacent to an activating group) is 1. The first kappa shape index (κ1) is 33.6. The van der Waals surface area contributed by atoms with Gasteiger partial charge in [-0.1, -0.05) is 36.8 Å². The Morgan fingerprint density at radius 3 is 2.39 bits per heavy atom. The second kappa shape index (κ2) is 14.1. The van der Waals surface area contributed by atoms with E-state index >= 15 is 0 Å². The van der Waals surface area contributed by atoms with Crippen molar-refractivity contribution < 1.29 is 50.5 Å². The number of hydrazine groups is 1. The molecule has 0 radical (unpaired) electrons. The lowest BCUT2D eigenvalue weighted by Gasteiger charge is -2.14. The zero-order valence-corrected chi connectivity index (χ0v) is 24.8. The summed E-state index contributed by atoms with van der Waals surface area (Å²) in [6.45, 7) is 4.08. The van der Waals surface area contributed by atoms with E-state index in [0.717, 1.165) is 33.5 Å². The van der Waals surface area contributed by atoms with Gasteiger partial charge in [-0.25, -0.2) is 22.6 Å². The van der Waals surface area contributed by atoms with E-state index in [1.165, 1.54) is 26.1 Å². The molecule has 0 spiro atoms. The summed E-state index contributed by atoms with van der Waals surface area (Å²) in [5.41, 5.74) is 0.492. The average molecular weight is 643 g/mol. The molecule has 1 N–H and O–H groups in total. The topological polar surface area (TPSA) is 167 Å². The molecule has 0 aliphatic rings. The summed E-state index contributed by atoms with van der Waals surface area (Å²) >= 11 is 0. The molecule has 3 rings (SSSR count). The third-order valence-corrected chi connectivity index (χ3v) is 7.08. The zero-order chi connectivity index (χ0) is 32.7. The van der Waals surface area contributed by atoms with Crippen LogP contribution in [-0.2, 0) is 35.3 Å². The third kappa shape index (κ3) is 9.06. The van der Waals surface area contributed by atoms with Crippen molar-refractivity contribution in [2.24, 2.45) is 5.28 Å². The first-order chi connectivity index (χ1) is 20.6. The smallest absolute Gasteiger partial charge is 0.435 e. The van der Waals surface area contributed by atoms with Crippen molar-refractivity contribution in [3.63, 3.8) is 0 Å². The molecule has 0 saturated heterocycles. The standard InChI is InChI=1S/C26H29F3N6O8S/c1-5-24(36)42-18(3)43-32-35(38)33(4)14-15-41-25(37)31-44(39,40)21-12-10-20(11-13-21)34-22(16-23(30-34)26(27,28)29)19-8-6-17(2)7-9-19/h6-13,16,18H,5,14-15H2,1-4H3,(H,31,37). The van der Waals surface area contributed by atoms with E-state index in [1.54, 1.807) is 35.9 Å². The molecule has 1 heterocycles. The highest BCUT2D eigenvalue weighted by Crippen LogP contribution is 2.33. The molecule has 0 fully saturated rings. The maximum Gasteiger partial charge on any atom is 0.435 e. The summed E-state index contributed by atoms with van der Waals surface area (Å²) in [7, 11) is -3.17. The monoisotopic (exact) mass is 642 g/mol. The molecule has 0 bridgehead atoms. The van der Waals surface area contributed by atoms with Crippen molar-refractivity contribution in [2.45, 2.75) is 44.6 Å². The van der Waals surface area contributed by atoms with Crippen LogP contribution >= 0.6 is 0 Å². The largest absolute Gasteiger partial charge is 0.569 e. The number of nitrogens with zero attached hydrogens (tertiary/aromatic N) is 5. The van der Waals surface area contributed by atoms with Crippen LogP contribution in [-0.4, -0.2) is 66.7 Å². The van der Waals surface area contributed by atoms with Crippen LogP contribution in [0.25, 0.3) is 16.9 Å². The number of rotatable bonds is 12. The first-order valence-electron chi connectivity index (χ1n) is 12.9. The van der Waals surface area contributed by atoms with Gasteiger partial charge in [-0.05, 0) is 37.3 Å². The molecule has 3 aromatic rings. The van der Waals surface area contributed by atoms with Gasteiger partial charge in [0.2, 0.25) is 5.28 Å². The molecule has 1 atom stereocenters. The van der Waals surface area contributed by atoms with Gasteiger partial charge in [-0.2, -0.15) is 18.3 Å². The molecule has 0 aliphatic heterocycles. The molecule has 1 unspecified atom stereocenters. The number of amides is 1. The zero-order valence-electron chi connectivity index (χ0n) is 23.9. The Hall–Kier alpha value is -4.87. The number of ether oxygens (including phenoxy) is 2. The van der Waals surface area contributed by atoms with Crippen LogP contribution in [0.1, 0.15) is 31.5 Å². The number of esters is 1. The predicted molar refractivity (Wildman–Crippen MR) is 146 cm³/mol. The number of carbonyl (C=O) groups excluding carboxylic acids is 2. The number of nitrogens with one attached hydrogen (secondary N) is 1. The predicted octanol–water partition coefficient (Wildman–Crippen LogP) is 4.32. The minimum absolute atomic E-state index is 0.00262. The van der Waals surface area contributed by atoms with Gasteiger partial charge in [0.1, 0.15) is 13.2 Å². The molecular weight excluding hydrogens is 613 g/mol. The first-order valence-corrected chi connectivity index (χ1v) is 14.4. The van der Waals surface area contributed by atoms with Gasteiger partial charge in [0.25, 0.3) is 16.3 Å². The Morgan fingerprint density at radius 2 is 1.80 bits per heavy atom. The lowest BCUT2D eigenvalue weighted by molar-refractivity contribution is -0.707. The maximum atomic E-state index is 13.5. The van der Waals surface area contributed by atoms with E-state index in [1.807, 2.05) is 6.92 Å². The molecule has 0 saturated carbocycles. The Balaban J connectivity index is 1.63. The van der Waals surface area contributed by atoms with E-state index in [0.29, 0.717) is 5.56 Å². The Labute approximate surface area is 250 Å². The van der Waals surface area contributed by atoms with Crippen LogP contribution in [0.5, 0.6) is 0 Å². The summed E-state index contributed by atoms with van der Waals surface area (Å²) in [5, 5.41) is 19.7. The average Bonchev–Trinajstić information content (AvgIpc) is 3.42. The second-order valence-corrected chi connectivity index (χ2v) is 10.8. The summed E-state index contributed by atoms with van der Waals surface area (Å²) in [5.74, 6) is -0.562. The van der Waals surface area contributed by atoms with Crippen LogP contribution in [0, 0.1) is 12.1 Å². The third-order valence-electron chi connectivity index (χ3n) is 5.75. The van der Waals surface area contributed by atoms with E-state index < -0.39 is 46.9 Å². The molecular formula is C26H29F3N6O8S. The van der Waals surface area contributed by atoms with Crippen LogP contribution in [0.2, 0.25) is 0 Å². The fraction of sp³-hybridized carbons (Fsp3) is 0.346. The fourth-order valence-corrected chi connectivity index (χ4v) is 4.32. The highest BCUT2D eigenvalue weighted by molar-refractivity contribution is 7.90. The van der Waals surface area contributed by atoms with Gasteiger partial charge in [0.15, 0.2) is 5.69 Å². The molecule has 1 amide bonds. The van der Waals surface area contributed by atoms with Gasteiger partial charge < -0.3 is 14.7 Å². The summed E-state index contributed by atoms with van der Waals surface area (Å²) in [6, 6.07) is 12.3. The van der Waals surface area contributed by atoms with Gasteiger partial charge in [0, 0.05) is 18.9 Å². The van der Waals surface area contributed by atoms with Crippen molar-refractivity contribution in [3.05, 3.63) is 71.1 Å². The van der Waals surface area contributed by atoms with Crippen molar-refractivity contribution in [2.75, 3.05) is 20.2 Å². The Kier molecular flexibility index (Phi) is 10.8. The summed E-state index contributed by atoms with van der Waals surface area (Å²) in [4.78, 5) is 27.6. The number of hydrogen-bond donors (Lipinski definition) is 1. The number of alkyl halides is 3. The Bertz CT molecular complexity index is 1590. The number of halogens is 3. The SMILES string of the molecule is CCC(=O)OC(C)ON=[N+]([O-])N(C)CCOC(=O)NS(=O)(=O)c1ccc(-n2nc(C(F)(F)F)cc2-c2ccc(C)cc2)cc1. The van der Waals surface area contributed by atoms with Crippen molar-refractivity contribution in [1.82, 2.24) is 19.5 Å². The van der Waals surface area contributed by atoms with Crippen molar-refractivity contribution in [3.8, 4) is 16.9 Å². The maximum absolute atomic E-state index is 13.5. The lowest BCUT2D eigenvalue weighted by Crippen LogP contribution is -2.35. The number of aryl methyl sites for hydroxylation is 1. The normalized spacial score (nSPS) is 12.8. The van der Waals surface area contributed by atoms with Gasteiger partial charge in [0.05, 0.1) is 28.3 Å². The van der Waals surface area contributed by atoms with Gasteiger partial charge in [-0.3, -0.25) is 9.63 Å². The fourth-order valence-electron chi connectivity index (χ4n) is 3.43. The lowest BCUT2D eigenvalue weighted by atomic mass is 10.1. The number of sulfonamides is 1. The number of benzene rings is 2. The highest BCUT2D eigenvalue weighted by atomic mass is 32.2.